The van der Waals surface area contributed by atoms with E-state index in [2.05, 4.69) is 10.6 Å². The molecule has 1 aliphatic carbocycles. The van der Waals surface area contributed by atoms with E-state index in [1.807, 2.05) is 0 Å². The summed E-state index contributed by atoms with van der Waals surface area (Å²) in [6.07, 6.45) is 1.18. The predicted molar refractivity (Wildman–Crippen MR) is 80.1 cm³/mol. The van der Waals surface area contributed by atoms with E-state index in [1.54, 1.807) is 20.8 Å². The summed E-state index contributed by atoms with van der Waals surface area (Å²) in [6.45, 7) is 5.26. The second-order valence-electron chi connectivity index (χ2n) is 6.60. The number of rotatable bonds is 4. The topological polar surface area (TPSA) is 93.7 Å². The number of methoxy groups -OCH3 is 1. The molecule has 0 heterocycles. The van der Waals surface area contributed by atoms with Gasteiger partial charge in [-0.05, 0) is 33.6 Å². The quantitative estimate of drug-likeness (QED) is 0.764. The predicted octanol–water partition coefficient (Wildman–Crippen LogP) is 1.36. The molecule has 1 rings (SSSR count). The molecule has 1 saturated carbocycles. The zero-order valence-electron chi connectivity index (χ0n) is 13.9. The van der Waals surface area contributed by atoms with Crippen LogP contribution in [0.2, 0.25) is 0 Å². The third-order valence-electron chi connectivity index (χ3n) is 3.78. The summed E-state index contributed by atoms with van der Waals surface area (Å²) < 4.78 is 9.99. The number of hydrogen-bond acceptors (Lipinski definition) is 5. The number of amides is 2. The van der Waals surface area contributed by atoms with Crippen LogP contribution in [-0.2, 0) is 19.1 Å². The second-order valence-corrected chi connectivity index (χ2v) is 6.60. The Hall–Kier alpha value is -1.79. The molecule has 2 N–H and O–H groups in total. The smallest absolute Gasteiger partial charge is 0.408 e. The number of nitrogens with one attached hydrogen (secondary N) is 2. The largest absolute Gasteiger partial charge is 0.469 e. The van der Waals surface area contributed by atoms with E-state index in [4.69, 9.17) is 9.47 Å². The third-order valence-corrected chi connectivity index (χ3v) is 3.78. The van der Waals surface area contributed by atoms with Crippen molar-refractivity contribution in [3.05, 3.63) is 0 Å². The minimum atomic E-state index is -0.963. The number of alkyl carbamates (subject to hydrolysis) is 1. The van der Waals surface area contributed by atoms with Gasteiger partial charge in [0.25, 0.3) is 0 Å². The Morgan fingerprint density at radius 3 is 2.41 bits per heavy atom. The molecule has 0 saturated heterocycles. The Balaban J connectivity index is 2.99. The zero-order valence-corrected chi connectivity index (χ0v) is 13.9. The molecule has 22 heavy (non-hydrogen) atoms. The monoisotopic (exact) mass is 314 g/mol. The highest BCUT2D eigenvalue weighted by atomic mass is 16.6. The summed E-state index contributed by atoms with van der Waals surface area (Å²) in [6, 6.07) is 0. The Morgan fingerprint density at radius 2 is 1.91 bits per heavy atom. The van der Waals surface area contributed by atoms with E-state index >= 15 is 0 Å². The van der Waals surface area contributed by atoms with Gasteiger partial charge in [-0.1, -0.05) is 6.42 Å². The first kappa shape index (κ1) is 18.3. The molecular weight excluding hydrogens is 288 g/mol. The van der Waals surface area contributed by atoms with Crippen molar-refractivity contribution in [2.24, 2.45) is 5.92 Å². The molecule has 7 nitrogen and oxygen atoms in total. The van der Waals surface area contributed by atoms with E-state index in [-0.39, 0.29) is 12.3 Å². The fraction of sp³-hybridized carbons (Fsp3) is 0.800. The highest BCUT2D eigenvalue weighted by Gasteiger charge is 2.49. The van der Waals surface area contributed by atoms with Gasteiger partial charge in [0.1, 0.15) is 5.60 Å². The van der Waals surface area contributed by atoms with Gasteiger partial charge in [-0.15, -0.1) is 0 Å². The highest BCUT2D eigenvalue weighted by Crippen LogP contribution is 2.39. The number of carbonyl (C=O) groups excluding carboxylic acids is 3. The Labute approximate surface area is 131 Å². The van der Waals surface area contributed by atoms with Crippen molar-refractivity contribution in [2.45, 2.75) is 57.6 Å². The van der Waals surface area contributed by atoms with Crippen LogP contribution in [-0.4, -0.2) is 43.3 Å². The van der Waals surface area contributed by atoms with E-state index in [9.17, 15) is 14.4 Å². The fourth-order valence-corrected chi connectivity index (χ4v) is 2.87. The number of carbonyl (C=O) groups is 3. The SMILES string of the molecule is CNC(=O)[C@H]1CCC[C@@]1(CC(=O)OC)NC(=O)OC(C)(C)C. The van der Waals surface area contributed by atoms with Gasteiger partial charge in [-0.25, -0.2) is 4.79 Å². The minimum Gasteiger partial charge on any atom is -0.469 e. The standard InChI is InChI=1S/C15H26N2O5/c1-14(2,3)22-13(20)17-15(9-11(18)21-5)8-6-7-10(15)12(19)16-4/h10H,6-9H2,1-5H3,(H,16,19)(H,17,20)/t10-,15+/m1/s1. The van der Waals surface area contributed by atoms with E-state index in [1.165, 1.54) is 14.2 Å². The van der Waals surface area contributed by atoms with Gasteiger partial charge in [-0.2, -0.15) is 0 Å². The Bertz CT molecular complexity index is 444. The van der Waals surface area contributed by atoms with Crippen molar-refractivity contribution in [3.63, 3.8) is 0 Å². The molecule has 0 aromatic carbocycles. The molecule has 7 heteroatoms. The maximum absolute atomic E-state index is 12.1. The Kier molecular flexibility index (Phi) is 5.79. The van der Waals surface area contributed by atoms with Crippen LogP contribution >= 0.6 is 0 Å². The van der Waals surface area contributed by atoms with Crippen molar-refractivity contribution in [3.8, 4) is 0 Å². The molecule has 0 aliphatic heterocycles. The van der Waals surface area contributed by atoms with Gasteiger partial charge in [-0.3, -0.25) is 9.59 Å². The second kappa shape index (κ2) is 6.98. The highest BCUT2D eigenvalue weighted by molar-refractivity contribution is 5.83. The lowest BCUT2D eigenvalue weighted by molar-refractivity contribution is -0.143. The summed E-state index contributed by atoms with van der Waals surface area (Å²) in [5.41, 5.74) is -1.62. The lowest BCUT2D eigenvalue weighted by atomic mass is 9.83. The van der Waals surface area contributed by atoms with Crippen molar-refractivity contribution in [2.75, 3.05) is 14.2 Å². The minimum absolute atomic E-state index is 0.0547. The van der Waals surface area contributed by atoms with Crippen LogP contribution in [0.1, 0.15) is 46.5 Å². The molecule has 2 amide bonds. The number of hydrogen-bond donors (Lipinski definition) is 2. The molecule has 1 fully saturated rings. The van der Waals surface area contributed by atoms with Gasteiger partial charge in [0.05, 0.1) is 25.0 Å². The van der Waals surface area contributed by atoms with Crippen LogP contribution in [0.15, 0.2) is 0 Å². The first-order valence-electron chi connectivity index (χ1n) is 7.43. The fourth-order valence-electron chi connectivity index (χ4n) is 2.87. The lowest BCUT2D eigenvalue weighted by Crippen LogP contribution is -2.57. The summed E-state index contributed by atoms with van der Waals surface area (Å²) in [4.78, 5) is 36.0. The summed E-state index contributed by atoms with van der Waals surface area (Å²) >= 11 is 0. The van der Waals surface area contributed by atoms with Gasteiger partial charge >= 0.3 is 12.1 Å². The molecule has 0 unspecified atom stereocenters. The van der Waals surface area contributed by atoms with Crippen molar-refractivity contribution >= 4 is 18.0 Å². The third kappa shape index (κ3) is 4.61. The first-order valence-corrected chi connectivity index (χ1v) is 7.43. The van der Waals surface area contributed by atoms with Crippen molar-refractivity contribution in [1.29, 1.82) is 0 Å². The number of esters is 1. The van der Waals surface area contributed by atoms with Crippen LogP contribution in [0.25, 0.3) is 0 Å². The zero-order chi connectivity index (χ0) is 17.0. The van der Waals surface area contributed by atoms with Gasteiger partial charge in [0, 0.05) is 7.05 Å². The van der Waals surface area contributed by atoms with Crippen LogP contribution < -0.4 is 10.6 Å². The van der Waals surface area contributed by atoms with Gasteiger partial charge in [0.15, 0.2) is 0 Å². The van der Waals surface area contributed by atoms with Crippen LogP contribution in [0, 0.1) is 5.92 Å². The van der Waals surface area contributed by atoms with Crippen LogP contribution in [0.5, 0.6) is 0 Å². The Morgan fingerprint density at radius 1 is 1.27 bits per heavy atom. The summed E-state index contributed by atoms with van der Waals surface area (Å²) in [7, 11) is 2.82. The molecule has 1 aliphatic rings. The van der Waals surface area contributed by atoms with Crippen LogP contribution in [0.3, 0.4) is 0 Å². The molecule has 0 spiro atoms. The van der Waals surface area contributed by atoms with E-state index in [0.29, 0.717) is 12.8 Å². The first-order chi connectivity index (χ1) is 10.1. The maximum atomic E-state index is 12.1. The van der Waals surface area contributed by atoms with Gasteiger partial charge < -0.3 is 20.1 Å². The molecule has 0 aromatic rings. The van der Waals surface area contributed by atoms with Crippen LogP contribution in [0.4, 0.5) is 4.79 Å². The van der Waals surface area contributed by atoms with E-state index in [0.717, 1.165) is 6.42 Å². The number of ether oxygens (including phenoxy) is 2. The average Bonchev–Trinajstić information content (AvgIpc) is 2.78. The molecule has 0 bridgehead atoms. The molecule has 2 atom stereocenters. The summed E-state index contributed by atoms with van der Waals surface area (Å²) in [5, 5.41) is 5.35. The summed E-state index contributed by atoms with van der Waals surface area (Å²) in [5.74, 6) is -1.14. The normalized spacial score (nSPS) is 24.5. The molecule has 0 aromatic heterocycles. The van der Waals surface area contributed by atoms with Gasteiger partial charge in [0.2, 0.25) is 5.91 Å². The molecule has 0 radical (unpaired) electrons. The van der Waals surface area contributed by atoms with Crippen molar-refractivity contribution in [1.82, 2.24) is 10.6 Å². The molecular formula is C15H26N2O5. The van der Waals surface area contributed by atoms with Crippen molar-refractivity contribution < 1.29 is 23.9 Å². The maximum Gasteiger partial charge on any atom is 0.408 e. The lowest BCUT2D eigenvalue weighted by Gasteiger charge is -2.35. The average molecular weight is 314 g/mol. The van der Waals surface area contributed by atoms with E-state index < -0.39 is 29.1 Å². The molecule has 126 valence electrons.